The smallest absolute Gasteiger partial charge is 0.260 e. The molecular formula is C20H23NO4. The van der Waals surface area contributed by atoms with Gasteiger partial charge in [0, 0.05) is 25.6 Å². The summed E-state index contributed by atoms with van der Waals surface area (Å²) in [6, 6.07) is 14.4. The highest BCUT2D eigenvalue weighted by atomic mass is 16.5. The van der Waals surface area contributed by atoms with Crippen LogP contribution in [0.1, 0.15) is 29.3 Å². The van der Waals surface area contributed by atoms with Crippen LogP contribution in [0.15, 0.2) is 48.5 Å². The van der Waals surface area contributed by atoms with Gasteiger partial charge < -0.3 is 14.4 Å². The highest BCUT2D eigenvalue weighted by molar-refractivity contribution is 5.95. The van der Waals surface area contributed by atoms with Gasteiger partial charge in [0.25, 0.3) is 5.91 Å². The first-order chi connectivity index (χ1) is 12.0. The van der Waals surface area contributed by atoms with Crippen molar-refractivity contribution < 1.29 is 19.1 Å². The molecule has 2 aromatic carbocycles. The van der Waals surface area contributed by atoms with Crippen LogP contribution >= 0.6 is 0 Å². The Kier molecular flexibility index (Phi) is 6.57. The second kappa shape index (κ2) is 8.87. The standard InChI is InChI=1S/C20H23NO4/c1-4-19(22)16-7-11-18(12-8-16)25-14-20(23)21(2)13-15-5-9-17(24-3)10-6-15/h5-12H,4,13-14H2,1-3H3. The van der Waals surface area contributed by atoms with E-state index in [9.17, 15) is 9.59 Å². The Morgan fingerprint density at radius 3 is 2.12 bits per heavy atom. The Morgan fingerprint density at radius 2 is 1.56 bits per heavy atom. The molecule has 0 aliphatic heterocycles. The molecule has 2 rings (SSSR count). The van der Waals surface area contributed by atoms with Gasteiger partial charge in [-0.3, -0.25) is 9.59 Å². The Labute approximate surface area is 148 Å². The molecule has 0 saturated carbocycles. The number of likely N-dealkylation sites (N-methyl/N-ethyl adjacent to an activating group) is 1. The van der Waals surface area contributed by atoms with Crippen molar-refractivity contribution in [2.24, 2.45) is 0 Å². The molecule has 25 heavy (non-hydrogen) atoms. The number of ketones is 1. The fraction of sp³-hybridized carbons (Fsp3) is 0.300. The maximum Gasteiger partial charge on any atom is 0.260 e. The molecule has 1 amide bonds. The number of nitrogens with zero attached hydrogens (tertiary/aromatic N) is 1. The van der Waals surface area contributed by atoms with Crippen molar-refractivity contribution >= 4 is 11.7 Å². The molecule has 0 aliphatic rings. The van der Waals surface area contributed by atoms with Crippen LogP contribution in [0.3, 0.4) is 0 Å². The van der Waals surface area contributed by atoms with Crippen molar-refractivity contribution in [3.63, 3.8) is 0 Å². The van der Waals surface area contributed by atoms with Crippen molar-refractivity contribution in [1.82, 2.24) is 4.90 Å². The van der Waals surface area contributed by atoms with Crippen molar-refractivity contribution in [3.05, 3.63) is 59.7 Å². The maximum absolute atomic E-state index is 12.2. The van der Waals surface area contributed by atoms with E-state index < -0.39 is 0 Å². The lowest BCUT2D eigenvalue weighted by Gasteiger charge is -2.18. The predicted octanol–water partition coefficient (Wildman–Crippen LogP) is 3.33. The third-order valence-corrected chi connectivity index (χ3v) is 3.86. The van der Waals surface area contributed by atoms with E-state index in [0.717, 1.165) is 11.3 Å². The molecule has 0 atom stereocenters. The van der Waals surface area contributed by atoms with Crippen LogP contribution in [0.4, 0.5) is 0 Å². The van der Waals surface area contributed by atoms with Gasteiger partial charge in [-0.15, -0.1) is 0 Å². The quantitative estimate of drug-likeness (QED) is 0.691. The summed E-state index contributed by atoms with van der Waals surface area (Å²) in [4.78, 5) is 25.4. The molecule has 0 unspecified atom stereocenters. The zero-order valence-electron chi connectivity index (χ0n) is 14.8. The topological polar surface area (TPSA) is 55.8 Å². The normalized spacial score (nSPS) is 10.2. The van der Waals surface area contributed by atoms with Gasteiger partial charge in [-0.2, -0.15) is 0 Å². The van der Waals surface area contributed by atoms with Gasteiger partial charge in [-0.25, -0.2) is 0 Å². The number of hydrogen-bond donors (Lipinski definition) is 0. The zero-order chi connectivity index (χ0) is 18.2. The Balaban J connectivity index is 1.85. The van der Waals surface area contributed by atoms with E-state index in [4.69, 9.17) is 9.47 Å². The molecule has 0 heterocycles. The molecular weight excluding hydrogens is 318 g/mol. The number of methoxy groups -OCH3 is 1. The molecule has 0 radical (unpaired) electrons. The zero-order valence-corrected chi connectivity index (χ0v) is 14.8. The maximum atomic E-state index is 12.2. The Hall–Kier alpha value is -2.82. The van der Waals surface area contributed by atoms with Gasteiger partial charge in [0.1, 0.15) is 11.5 Å². The van der Waals surface area contributed by atoms with E-state index >= 15 is 0 Å². The molecule has 5 nitrogen and oxygen atoms in total. The van der Waals surface area contributed by atoms with Crippen molar-refractivity contribution in [1.29, 1.82) is 0 Å². The second-order valence-electron chi connectivity index (χ2n) is 5.69. The number of hydrogen-bond acceptors (Lipinski definition) is 4. The molecule has 0 fully saturated rings. The average Bonchev–Trinajstić information content (AvgIpc) is 2.66. The molecule has 0 bridgehead atoms. The largest absolute Gasteiger partial charge is 0.497 e. The average molecular weight is 341 g/mol. The first-order valence-corrected chi connectivity index (χ1v) is 8.16. The summed E-state index contributed by atoms with van der Waals surface area (Å²) < 4.78 is 10.6. The van der Waals surface area contributed by atoms with Gasteiger partial charge in [0.2, 0.25) is 0 Å². The van der Waals surface area contributed by atoms with E-state index in [2.05, 4.69) is 0 Å². The molecule has 132 valence electrons. The fourth-order valence-electron chi connectivity index (χ4n) is 2.29. The SMILES string of the molecule is CCC(=O)c1ccc(OCC(=O)N(C)Cc2ccc(OC)cc2)cc1. The number of carbonyl (C=O) groups excluding carboxylic acids is 2. The van der Waals surface area contributed by atoms with Gasteiger partial charge in [-0.05, 0) is 42.0 Å². The predicted molar refractivity (Wildman–Crippen MR) is 96.0 cm³/mol. The Bertz CT molecular complexity index is 707. The lowest BCUT2D eigenvalue weighted by atomic mass is 10.1. The van der Waals surface area contributed by atoms with E-state index in [1.54, 1.807) is 43.3 Å². The third kappa shape index (κ3) is 5.35. The number of rotatable bonds is 8. The van der Waals surface area contributed by atoms with Crippen LogP contribution in [0.25, 0.3) is 0 Å². The van der Waals surface area contributed by atoms with Crippen molar-refractivity contribution in [2.45, 2.75) is 19.9 Å². The lowest BCUT2D eigenvalue weighted by Crippen LogP contribution is -2.30. The van der Waals surface area contributed by atoms with Crippen LogP contribution in [-0.4, -0.2) is 37.4 Å². The molecule has 5 heteroatoms. The number of ether oxygens (including phenoxy) is 2. The summed E-state index contributed by atoms with van der Waals surface area (Å²) in [6.45, 7) is 2.27. The Morgan fingerprint density at radius 1 is 0.960 bits per heavy atom. The number of benzene rings is 2. The summed E-state index contributed by atoms with van der Waals surface area (Å²) in [5, 5.41) is 0. The highest BCUT2D eigenvalue weighted by Gasteiger charge is 2.11. The minimum absolute atomic E-state index is 0.0479. The monoisotopic (exact) mass is 341 g/mol. The minimum Gasteiger partial charge on any atom is -0.497 e. The molecule has 0 N–H and O–H groups in total. The summed E-state index contributed by atoms with van der Waals surface area (Å²) in [5.41, 5.74) is 1.66. The highest BCUT2D eigenvalue weighted by Crippen LogP contribution is 2.15. The second-order valence-corrected chi connectivity index (χ2v) is 5.69. The van der Waals surface area contributed by atoms with Crippen LogP contribution < -0.4 is 9.47 Å². The molecule has 2 aromatic rings. The summed E-state index contributed by atoms with van der Waals surface area (Å²) in [7, 11) is 3.35. The molecule has 0 aliphatic carbocycles. The van der Waals surface area contributed by atoms with E-state index in [-0.39, 0.29) is 18.3 Å². The summed E-state index contributed by atoms with van der Waals surface area (Å²) in [6.07, 6.45) is 0.467. The van der Waals surface area contributed by atoms with E-state index in [1.807, 2.05) is 31.2 Å². The van der Waals surface area contributed by atoms with Crippen LogP contribution in [0, 0.1) is 0 Å². The number of Topliss-reactive ketones (excluding diaryl/α,β-unsaturated/α-hetero) is 1. The fourth-order valence-corrected chi connectivity index (χ4v) is 2.29. The van der Waals surface area contributed by atoms with Gasteiger partial charge in [0.05, 0.1) is 7.11 Å². The van der Waals surface area contributed by atoms with Gasteiger partial charge in [0.15, 0.2) is 12.4 Å². The number of carbonyl (C=O) groups is 2. The van der Waals surface area contributed by atoms with Crippen LogP contribution in [0.2, 0.25) is 0 Å². The summed E-state index contributed by atoms with van der Waals surface area (Å²) in [5.74, 6) is 1.32. The van der Waals surface area contributed by atoms with E-state index in [1.165, 1.54) is 0 Å². The van der Waals surface area contributed by atoms with Gasteiger partial charge in [-0.1, -0.05) is 19.1 Å². The van der Waals surface area contributed by atoms with Crippen molar-refractivity contribution in [2.75, 3.05) is 20.8 Å². The molecule has 0 aromatic heterocycles. The number of amides is 1. The first kappa shape index (κ1) is 18.5. The lowest BCUT2D eigenvalue weighted by molar-refractivity contribution is -0.132. The van der Waals surface area contributed by atoms with Crippen LogP contribution in [-0.2, 0) is 11.3 Å². The van der Waals surface area contributed by atoms with Gasteiger partial charge >= 0.3 is 0 Å². The van der Waals surface area contributed by atoms with Crippen LogP contribution in [0.5, 0.6) is 11.5 Å². The van der Waals surface area contributed by atoms with E-state index in [0.29, 0.717) is 24.3 Å². The van der Waals surface area contributed by atoms with Crippen molar-refractivity contribution in [3.8, 4) is 11.5 Å². The molecule has 0 spiro atoms. The summed E-state index contributed by atoms with van der Waals surface area (Å²) >= 11 is 0. The first-order valence-electron chi connectivity index (χ1n) is 8.16. The molecule has 0 saturated heterocycles. The minimum atomic E-state index is -0.121. The third-order valence-electron chi connectivity index (χ3n) is 3.86.